The monoisotopic (exact) mass is 379 g/mol. The lowest BCUT2D eigenvalue weighted by molar-refractivity contribution is 0.288. The van der Waals surface area contributed by atoms with Crippen LogP contribution in [0.3, 0.4) is 0 Å². The van der Waals surface area contributed by atoms with Crippen molar-refractivity contribution in [2.75, 3.05) is 22.9 Å². The van der Waals surface area contributed by atoms with Crippen LogP contribution < -0.4 is 9.80 Å². The van der Waals surface area contributed by atoms with E-state index in [9.17, 15) is 0 Å². The van der Waals surface area contributed by atoms with Crippen molar-refractivity contribution < 1.29 is 0 Å². The number of halogens is 2. The largest absolute Gasteiger partial charge is 0.352 e. The molecule has 7 heteroatoms. The van der Waals surface area contributed by atoms with Gasteiger partial charge >= 0.3 is 0 Å². The van der Waals surface area contributed by atoms with Gasteiger partial charge in [-0.1, -0.05) is 11.6 Å². The SMILES string of the molecule is Cc1nccc(N2CC3CC(C2)N3c2ncc(Br)cc2Cl)n1. The maximum Gasteiger partial charge on any atom is 0.148 e. The zero-order valence-corrected chi connectivity index (χ0v) is 14.4. The number of pyridine rings is 1. The first-order valence-electron chi connectivity index (χ1n) is 7.26. The van der Waals surface area contributed by atoms with Crippen molar-refractivity contribution in [1.82, 2.24) is 15.0 Å². The number of hydrogen-bond donors (Lipinski definition) is 0. The molecule has 3 aliphatic rings. The predicted molar refractivity (Wildman–Crippen MR) is 90.6 cm³/mol. The molecule has 5 heterocycles. The number of fused-ring (bicyclic) bond motifs is 2. The molecule has 22 heavy (non-hydrogen) atoms. The molecule has 0 N–H and O–H groups in total. The Labute approximate surface area is 142 Å². The van der Waals surface area contributed by atoms with Gasteiger partial charge in [0.1, 0.15) is 17.5 Å². The van der Waals surface area contributed by atoms with Gasteiger partial charge in [-0.3, -0.25) is 0 Å². The molecule has 0 radical (unpaired) electrons. The minimum Gasteiger partial charge on any atom is -0.352 e. The predicted octanol–water partition coefficient (Wildman–Crippen LogP) is 3.06. The highest BCUT2D eigenvalue weighted by Gasteiger charge is 2.46. The van der Waals surface area contributed by atoms with Crippen LogP contribution in [0.25, 0.3) is 0 Å². The van der Waals surface area contributed by atoms with E-state index < -0.39 is 0 Å². The van der Waals surface area contributed by atoms with Crippen molar-refractivity contribution in [3.05, 3.63) is 39.8 Å². The lowest BCUT2D eigenvalue weighted by Crippen LogP contribution is -2.69. The molecule has 2 unspecified atom stereocenters. The molecule has 5 rings (SSSR count). The zero-order chi connectivity index (χ0) is 15.3. The fourth-order valence-electron chi connectivity index (χ4n) is 3.36. The number of anilines is 2. The molecule has 2 atom stereocenters. The molecule has 0 spiro atoms. The molecule has 2 aromatic heterocycles. The van der Waals surface area contributed by atoms with E-state index in [2.05, 4.69) is 40.7 Å². The Hall–Kier alpha value is -1.40. The van der Waals surface area contributed by atoms with Gasteiger partial charge in [0.05, 0.1) is 17.1 Å². The third-order valence-corrected chi connectivity index (χ3v) is 5.02. The smallest absolute Gasteiger partial charge is 0.148 e. The Kier molecular flexibility index (Phi) is 3.46. The summed E-state index contributed by atoms with van der Waals surface area (Å²) in [7, 11) is 0. The van der Waals surface area contributed by atoms with Crippen LogP contribution in [0.5, 0.6) is 0 Å². The summed E-state index contributed by atoms with van der Waals surface area (Å²) in [4.78, 5) is 17.9. The third kappa shape index (κ3) is 2.34. The molecule has 5 nitrogen and oxygen atoms in total. The van der Waals surface area contributed by atoms with Crippen molar-refractivity contribution in [3.8, 4) is 0 Å². The molecule has 2 bridgehead atoms. The molecular formula is C15H15BrClN5. The van der Waals surface area contributed by atoms with E-state index in [1.54, 1.807) is 6.20 Å². The van der Waals surface area contributed by atoms with E-state index in [1.165, 1.54) is 6.42 Å². The minimum atomic E-state index is 0.445. The molecule has 3 aliphatic heterocycles. The number of hydrogen-bond acceptors (Lipinski definition) is 5. The highest BCUT2D eigenvalue weighted by molar-refractivity contribution is 9.10. The minimum absolute atomic E-state index is 0.445. The third-order valence-electron chi connectivity index (χ3n) is 4.31. The van der Waals surface area contributed by atoms with Crippen molar-refractivity contribution in [2.24, 2.45) is 0 Å². The summed E-state index contributed by atoms with van der Waals surface area (Å²) >= 11 is 9.76. The first kappa shape index (κ1) is 14.2. The Morgan fingerprint density at radius 3 is 2.73 bits per heavy atom. The molecular weight excluding hydrogens is 366 g/mol. The van der Waals surface area contributed by atoms with E-state index in [0.717, 1.165) is 35.0 Å². The number of aromatic nitrogens is 3. The fraction of sp³-hybridized carbons (Fsp3) is 0.400. The number of piperidine rings is 1. The van der Waals surface area contributed by atoms with E-state index in [-0.39, 0.29) is 0 Å². The Bertz CT molecular complexity index is 713. The van der Waals surface area contributed by atoms with E-state index in [1.807, 2.05) is 25.3 Å². The van der Waals surface area contributed by atoms with Gasteiger partial charge in [0.15, 0.2) is 0 Å². The normalized spacial score (nSPS) is 23.4. The molecule has 2 aromatic rings. The van der Waals surface area contributed by atoms with Crippen LogP contribution in [0, 0.1) is 6.92 Å². The number of aryl methyl sites for hydroxylation is 1. The maximum absolute atomic E-state index is 6.35. The van der Waals surface area contributed by atoms with Crippen molar-refractivity contribution in [1.29, 1.82) is 0 Å². The zero-order valence-electron chi connectivity index (χ0n) is 12.1. The highest BCUT2D eigenvalue weighted by atomic mass is 79.9. The molecule has 3 fully saturated rings. The van der Waals surface area contributed by atoms with Crippen molar-refractivity contribution in [3.63, 3.8) is 0 Å². The summed E-state index contributed by atoms with van der Waals surface area (Å²) < 4.78 is 0.907. The van der Waals surface area contributed by atoms with Crippen LogP contribution in [0.1, 0.15) is 12.2 Å². The average Bonchev–Trinajstić information content (AvgIpc) is 2.50. The standard InChI is InChI=1S/C15H15BrClN5/c1-9-18-3-2-14(20-9)21-7-11-5-12(8-21)22(11)15-13(17)4-10(16)6-19-15/h2-4,6,11-12H,5,7-8H2,1H3. The van der Waals surface area contributed by atoms with Crippen LogP contribution in [0.2, 0.25) is 5.02 Å². The van der Waals surface area contributed by atoms with Gasteiger partial charge in [-0.15, -0.1) is 0 Å². The molecule has 0 aliphatic carbocycles. The lowest BCUT2D eigenvalue weighted by Gasteiger charge is -2.57. The van der Waals surface area contributed by atoms with Crippen LogP contribution in [-0.2, 0) is 0 Å². The van der Waals surface area contributed by atoms with Crippen LogP contribution in [0.4, 0.5) is 11.6 Å². The fourth-order valence-corrected chi connectivity index (χ4v) is 4.09. The van der Waals surface area contributed by atoms with Gasteiger partial charge in [-0.25, -0.2) is 15.0 Å². The van der Waals surface area contributed by atoms with E-state index in [4.69, 9.17) is 11.6 Å². The molecule has 0 aromatic carbocycles. The Morgan fingerprint density at radius 1 is 1.27 bits per heavy atom. The molecule has 3 saturated heterocycles. The second-order valence-corrected chi connectivity index (χ2v) is 7.10. The van der Waals surface area contributed by atoms with Crippen LogP contribution in [0.15, 0.2) is 29.0 Å². The first-order valence-corrected chi connectivity index (χ1v) is 8.43. The Morgan fingerprint density at radius 2 is 2.05 bits per heavy atom. The van der Waals surface area contributed by atoms with E-state index in [0.29, 0.717) is 17.1 Å². The van der Waals surface area contributed by atoms with Gasteiger partial charge in [-0.05, 0) is 41.4 Å². The average molecular weight is 381 g/mol. The second kappa shape index (κ2) is 5.35. The second-order valence-electron chi connectivity index (χ2n) is 5.78. The van der Waals surface area contributed by atoms with Gasteiger partial charge in [0.25, 0.3) is 0 Å². The topological polar surface area (TPSA) is 45.2 Å². The molecule has 0 amide bonds. The number of nitrogens with zero attached hydrogens (tertiary/aromatic N) is 5. The molecule has 0 saturated carbocycles. The number of piperazine rings is 1. The molecule has 114 valence electrons. The summed E-state index contributed by atoms with van der Waals surface area (Å²) in [6.45, 7) is 3.81. The maximum atomic E-state index is 6.35. The summed E-state index contributed by atoms with van der Waals surface area (Å²) in [6.07, 6.45) is 4.82. The quantitative estimate of drug-likeness (QED) is 0.801. The highest BCUT2D eigenvalue weighted by Crippen LogP contribution is 2.40. The summed E-state index contributed by atoms with van der Waals surface area (Å²) in [5.74, 6) is 2.72. The summed E-state index contributed by atoms with van der Waals surface area (Å²) in [5.41, 5.74) is 0. The first-order chi connectivity index (χ1) is 10.6. The van der Waals surface area contributed by atoms with Crippen molar-refractivity contribution in [2.45, 2.75) is 25.4 Å². The van der Waals surface area contributed by atoms with Crippen LogP contribution >= 0.6 is 27.5 Å². The van der Waals surface area contributed by atoms with Crippen LogP contribution in [-0.4, -0.2) is 40.1 Å². The van der Waals surface area contributed by atoms with Gasteiger partial charge in [0.2, 0.25) is 0 Å². The lowest BCUT2D eigenvalue weighted by atomic mass is 9.87. The van der Waals surface area contributed by atoms with Gasteiger partial charge in [-0.2, -0.15) is 0 Å². The van der Waals surface area contributed by atoms with E-state index >= 15 is 0 Å². The van der Waals surface area contributed by atoms with Gasteiger partial charge < -0.3 is 9.80 Å². The van der Waals surface area contributed by atoms with Crippen molar-refractivity contribution >= 4 is 39.2 Å². The number of rotatable bonds is 2. The Balaban J connectivity index is 1.55. The summed E-state index contributed by atoms with van der Waals surface area (Å²) in [5, 5.41) is 0.704. The summed E-state index contributed by atoms with van der Waals surface area (Å²) in [6, 6.07) is 4.77. The van der Waals surface area contributed by atoms with Gasteiger partial charge in [0, 0.05) is 30.0 Å².